The van der Waals surface area contributed by atoms with E-state index in [2.05, 4.69) is 0 Å². The summed E-state index contributed by atoms with van der Waals surface area (Å²) < 4.78 is 5.41. The summed E-state index contributed by atoms with van der Waals surface area (Å²) in [4.78, 5) is 12.3. The molecule has 1 aliphatic heterocycles. The van der Waals surface area contributed by atoms with Crippen molar-refractivity contribution in [3.63, 3.8) is 0 Å². The van der Waals surface area contributed by atoms with Gasteiger partial charge in [0.05, 0.1) is 12.6 Å². The molecule has 4 nitrogen and oxygen atoms in total. The van der Waals surface area contributed by atoms with E-state index in [0.717, 1.165) is 5.75 Å². The van der Waals surface area contributed by atoms with Gasteiger partial charge >= 0.3 is 6.09 Å². The van der Waals surface area contributed by atoms with Gasteiger partial charge in [-0.3, -0.25) is 4.90 Å². The molecule has 1 fully saturated rings. The molecular weight excluding hydrogens is 190 g/mol. The first-order chi connectivity index (χ1) is 5.99. The third-order valence-electron chi connectivity index (χ3n) is 2.14. The Balaban J connectivity index is 2.73. The van der Waals surface area contributed by atoms with Crippen molar-refractivity contribution in [2.24, 2.45) is 0 Å². The maximum atomic E-state index is 10.9. The first kappa shape index (κ1) is 10.7. The van der Waals surface area contributed by atoms with E-state index in [1.807, 2.05) is 6.26 Å². The molecule has 0 saturated carbocycles. The molecule has 1 amide bonds. The van der Waals surface area contributed by atoms with Crippen LogP contribution in [-0.2, 0) is 4.74 Å². The van der Waals surface area contributed by atoms with Crippen molar-refractivity contribution in [2.75, 3.05) is 18.6 Å². The van der Waals surface area contributed by atoms with Gasteiger partial charge in [0.15, 0.2) is 0 Å². The van der Waals surface area contributed by atoms with Gasteiger partial charge in [0.1, 0.15) is 5.72 Å². The molecule has 1 atom stereocenters. The lowest BCUT2D eigenvalue weighted by atomic mass is 10.2. The molecule has 1 heterocycles. The van der Waals surface area contributed by atoms with Crippen LogP contribution in [0.2, 0.25) is 0 Å². The topological polar surface area (TPSA) is 49.8 Å². The summed E-state index contributed by atoms with van der Waals surface area (Å²) in [5.74, 6) is 0.787. The number of ether oxygens (including phenoxy) is 1. The molecule has 0 aliphatic carbocycles. The summed E-state index contributed by atoms with van der Waals surface area (Å²) in [5, 5.41) is 8.98. The lowest BCUT2D eigenvalue weighted by Crippen LogP contribution is -2.47. The Hall–Kier alpha value is -0.420. The van der Waals surface area contributed by atoms with Crippen LogP contribution >= 0.6 is 11.8 Å². The van der Waals surface area contributed by atoms with E-state index >= 15 is 0 Å². The molecule has 13 heavy (non-hydrogen) atoms. The Labute approximate surface area is 82.2 Å². The third-order valence-corrected chi connectivity index (χ3v) is 2.86. The zero-order chi connectivity index (χ0) is 10.1. The second-order valence-corrected chi connectivity index (χ2v) is 4.43. The van der Waals surface area contributed by atoms with Gasteiger partial charge in [-0.15, -0.1) is 0 Å². The number of rotatable bonds is 2. The largest absolute Gasteiger partial charge is 0.465 e. The first-order valence-corrected chi connectivity index (χ1v) is 5.53. The zero-order valence-electron chi connectivity index (χ0n) is 8.11. The van der Waals surface area contributed by atoms with E-state index in [4.69, 9.17) is 9.84 Å². The summed E-state index contributed by atoms with van der Waals surface area (Å²) >= 11 is 1.64. The van der Waals surface area contributed by atoms with Crippen molar-refractivity contribution in [1.82, 2.24) is 4.90 Å². The molecule has 0 unspecified atom stereocenters. The highest BCUT2D eigenvalue weighted by molar-refractivity contribution is 7.98. The van der Waals surface area contributed by atoms with Gasteiger partial charge in [0.25, 0.3) is 0 Å². The maximum Gasteiger partial charge on any atom is 0.409 e. The van der Waals surface area contributed by atoms with Crippen LogP contribution in [-0.4, -0.2) is 46.5 Å². The van der Waals surface area contributed by atoms with Gasteiger partial charge in [-0.1, -0.05) is 0 Å². The molecule has 0 spiro atoms. The molecule has 0 radical (unpaired) electrons. The number of hydrogen-bond donors (Lipinski definition) is 1. The Bertz CT molecular complexity index is 208. The maximum absolute atomic E-state index is 10.9. The molecule has 1 aliphatic rings. The smallest absolute Gasteiger partial charge is 0.409 e. The fourth-order valence-corrected chi connectivity index (χ4v) is 2.22. The van der Waals surface area contributed by atoms with Crippen LogP contribution < -0.4 is 0 Å². The average Bonchev–Trinajstić information content (AvgIpc) is 2.26. The molecular formula is C8H15NO3S. The van der Waals surface area contributed by atoms with Crippen molar-refractivity contribution < 1.29 is 14.6 Å². The Kier molecular flexibility index (Phi) is 3.08. The predicted octanol–water partition coefficient (Wildman–Crippen LogP) is 1.46. The third kappa shape index (κ3) is 2.08. The van der Waals surface area contributed by atoms with E-state index in [1.54, 1.807) is 25.6 Å². The Morgan fingerprint density at radius 2 is 2.38 bits per heavy atom. The van der Waals surface area contributed by atoms with Crippen LogP contribution in [0, 0.1) is 0 Å². The quantitative estimate of drug-likeness (QED) is 0.741. The second kappa shape index (κ2) is 3.75. The number of thioether (sulfide) groups is 1. The number of amides is 1. The summed E-state index contributed by atoms with van der Waals surface area (Å²) in [6.45, 7) is 4.06. The molecule has 1 rings (SSSR count). The lowest BCUT2D eigenvalue weighted by molar-refractivity contribution is -0.0414. The standard InChI is InChI=1S/C8H15NO3S/c1-8(2)9(7(10)11)6(4-12-8)5-13-3/h6H,4-5H2,1-3H3,(H,10,11)/t6-/m0/s1. The van der Waals surface area contributed by atoms with Crippen LogP contribution in [0.25, 0.3) is 0 Å². The van der Waals surface area contributed by atoms with E-state index < -0.39 is 11.8 Å². The van der Waals surface area contributed by atoms with Crippen LogP contribution in [0.4, 0.5) is 4.79 Å². The van der Waals surface area contributed by atoms with Gasteiger partial charge < -0.3 is 9.84 Å². The van der Waals surface area contributed by atoms with Crippen molar-refractivity contribution in [1.29, 1.82) is 0 Å². The van der Waals surface area contributed by atoms with Gasteiger partial charge in [0, 0.05) is 5.75 Å². The van der Waals surface area contributed by atoms with Crippen molar-refractivity contribution in [3.8, 4) is 0 Å². The molecule has 0 bridgehead atoms. The Morgan fingerprint density at radius 1 is 1.77 bits per heavy atom. The van der Waals surface area contributed by atoms with Crippen LogP contribution in [0.5, 0.6) is 0 Å². The van der Waals surface area contributed by atoms with E-state index in [-0.39, 0.29) is 6.04 Å². The molecule has 1 N–H and O–H groups in total. The summed E-state index contributed by atoms with van der Waals surface area (Å²) in [6, 6.07) is -0.0116. The van der Waals surface area contributed by atoms with Crippen molar-refractivity contribution >= 4 is 17.9 Å². The van der Waals surface area contributed by atoms with E-state index in [1.165, 1.54) is 4.90 Å². The number of carbonyl (C=O) groups is 1. The minimum atomic E-state index is -0.901. The van der Waals surface area contributed by atoms with E-state index in [9.17, 15) is 4.79 Å². The summed E-state index contributed by atoms with van der Waals surface area (Å²) in [6.07, 6.45) is 1.06. The SMILES string of the molecule is CSC[C@@H]1COC(C)(C)N1C(=O)O. The molecule has 0 aromatic heterocycles. The molecule has 5 heteroatoms. The summed E-state index contributed by atoms with van der Waals surface area (Å²) in [7, 11) is 0. The van der Waals surface area contributed by atoms with Crippen LogP contribution in [0.15, 0.2) is 0 Å². The summed E-state index contributed by atoms with van der Waals surface area (Å²) in [5.41, 5.74) is -0.674. The van der Waals surface area contributed by atoms with E-state index in [0.29, 0.717) is 6.61 Å². The molecule has 1 saturated heterocycles. The predicted molar refractivity (Wildman–Crippen MR) is 52.1 cm³/mol. The number of hydrogen-bond acceptors (Lipinski definition) is 3. The fraction of sp³-hybridized carbons (Fsp3) is 0.875. The average molecular weight is 205 g/mol. The number of nitrogens with zero attached hydrogens (tertiary/aromatic N) is 1. The second-order valence-electron chi connectivity index (χ2n) is 3.52. The highest BCUT2D eigenvalue weighted by Crippen LogP contribution is 2.28. The van der Waals surface area contributed by atoms with Crippen molar-refractivity contribution in [2.45, 2.75) is 25.6 Å². The number of carboxylic acid groups (broad SMARTS) is 1. The molecule has 0 aromatic carbocycles. The highest BCUT2D eigenvalue weighted by Gasteiger charge is 2.43. The Morgan fingerprint density at radius 3 is 2.85 bits per heavy atom. The first-order valence-electron chi connectivity index (χ1n) is 4.14. The van der Waals surface area contributed by atoms with Crippen molar-refractivity contribution in [3.05, 3.63) is 0 Å². The van der Waals surface area contributed by atoms with Gasteiger partial charge in [-0.05, 0) is 20.1 Å². The highest BCUT2D eigenvalue weighted by atomic mass is 32.2. The fourth-order valence-electron chi connectivity index (χ4n) is 1.59. The molecule has 0 aromatic rings. The molecule has 76 valence electrons. The normalized spacial score (nSPS) is 26.4. The van der Waals surface area contributed by atoms with Crippen LogP contribution in [0.1, 0.15) is 13.8 Å². The lowest BCUT2D eigenvalue weighted by Gasteiger charge is -2.30. The monoisotopic (exact) mass is 205 g/mol. The zero-order valence-corrected chi connectivity index (χ0v) is 8.93. The van der Waals surface area contributed by atoms with Gasteiger partial charge in [-0.2, -0.15) is 11.8 Å². The minimum Gasteiger partial charge on any atom is -0.465 e. The van der Waals surface area contributed by atoms with Gasteiger partial charge in [0.2, 0.25) is 0 Å². The van der Waals surface area contributed by atoms with Crippen LogP contribution in [0.3, 0.4) is 0 Å². The minimum absolute atomic E-state index is 0.0116. The van der Waals surface area contributed by atoms with Gasteiger partial charge in [-0.25, -0.2) is 4.79 Å².